The molecule has 3 rings (SSSR count). The number of hydrogen-bond donors (Lipinski definition) is 1. The molecule has 0 aliphatic carbocycles. The van der Waals surface area contributed by atoms with Gasteiger partial charge in [-0.3, -0.25) is 14.8 Å². The number of carbonyl (C=O) groups excluding carboxylic acids is 1. The number of pyridine rings is 3. The van der Waals surface area contributed by atoms with E-state index in [2.05, 4.69) is 15.0 Å². The Kier molecular flexibility index (Phi) is 5.28. The molecule has 0 atom stereocenters. The zero-order valence-electron chi connectivity index (χ0n) is 13.8. The molecule has 3 aromatic heterocycles. The maximum absolute atomic E-state index is 12.9. The van der Waals surface area contributed by atoms with Gasteiger partial charge in [-0.2, -0.15) is 0 Å². The van der Waals surface area contributed by atoms with Crippen molar-refractivity contribution in [2.24, 2.45) is 0 Å². The van der Waals surface area contributed by atoms with Crippen LogP contribution in [0.25, 0.3) is 0 Å². The van der Waals surface area contributed by atoms with E-state index in [1.807, 2.05) is 12.1 Å². The fraction of sp³-hybridized carbons (Fsp3) is 0.105. The standard InChI is InChI=1S/C19H16N4O3/c24-18(16-8-2-4-11-21-16)23(12-14-6-1-3-10-20-14)13-15-7-5-9-17(22-15)19(25)26/h1-11H,12-13H2,(H,25,26). The van der Waals surface area contributed by atoms with E-state index in [9.17, 15) is 9.59 Å². The molecule has 7 nitrogen and oxygen atoms in total. The number of amides is 1. The predicted molar refractivity (Wildman–Crippen MR) is 93.2 cm³/mol. The lowest BCUT2D eigenvalue weighted by molar-refractivity contribution is 0.0690. The topological polar surface area (TPSA) is 96.3 Å². The number of aromatic nitrogens is 3. The highest BCUT2D eigenvalue weighted by Gasteiger charge is 2.19. The first-order valence-corrected chi connectivity index (χ1v) is 7.93. The first-order valence-electron chi connectivity index (χ1n) is 7.93. The molecule has 0 aliphatic rings. The Morgan fingerprint density at radius 1 is 0.808 bits per heavy atom. The Hall–Kier alpha value is -3.61. The van der Waals surface area contributed by atoms with Gasteiger partial charge in [-0.15, -0.1) is 0 Å². The molecule has 0 bridgehead atoms. The molecule has 0 aromatic carbocycles. The second-order valence-electron chi connectivity index (χ2n) is 5.52. The van der Waals surface area contributed by atoms with Crippen LogP contribution in [0, 0.1) is 0 Å². The number of carbonyl (C=O) groups is 2. The summed E-state index contributed by atoms with van der Waals surface area (Å²) in [5.74, 6) is -1.39. The van der Waals surface area contributed by atoms with Crippen LogP contribution in [0.5, 0.6) is 0 Å². The van der Waals surface area contributed by atoms with Crippen molar-refractivity contribution >= 4 is 11.9 Å². The summed E-state index contributed by atoms with van der Waals surface area (Å²) in [4.78, 5) is 38.0. The van der Waals surface area contributed by atoms with Crippen LogP contribution in [-0.4, -0.2) is 36.8 Å². The number of rotatable bonds is 6. The van der Waals surface area contributed by atoms with Crippen LogP contribution in [0.2, 0.25) is 0 Å². The molecule has 26 heavy (non-hydrogen) atoms. The van der Waals surface area contributed by atoms with Crippen molar-refractivity contribution in [2.75, 3.05) is 0 Å². The van der Waals surface area contributed by atoms with Crippen LogP contribution in [-0.2, 0) is 13.1 Å². The van der Waals surface area contributed by atoms with Crippen LogP contribution in [0.4, 0.5) is 0 Å². The monoisotopic (exact) mass is 348 g/mol. The van der Waals surface area contributed by atoms with Gasteiger partial charge in [0.2, 0.25) is 0 Å². The average Bonchev–Trinajstić information content (AvgIpc) is 2.68. The van der Waals surface area contributed by atoms with Crippen molar-refractivity contribution in [3.05, 3.63) is 89.8 Å². The van der Waals surface area contributed by atoms with Gasteiger partial charge in [0.25, 0.3) is 5.91 Å². The molecule has 0 saturated carbocycles. The van der Waals surface area contributed by atoms with Crippen molar-refractivity contribution < 1.29 is 14.7 Å². The molecule has 1 N–H and O–H groups in total. The van der Waals surface area contributed by atoms with Crippen LogP contribution in [0.1, 0.15) is 32.4 Å². The Morgan fingerprint density at radius 2 is 1.46 bits per heavy atom. The van der Waals surface area contributed by atoms with Crippen molar-refractivity contribution in [3.63, 3.8) is 0 Å². The molecule has 0 aliphatic heterocycles. The lowest BCUT2D eigenvalue weighted by atomic mass is 10.2. The molecular weight excluding hydrogens is 332 g/mol. The van der Waals surface area contributed by atoms with Crippen molar-refractivity contribution in [1.29, 1.82) is 0 Å². The minimum absolute atomic E-state index is 0.0643. The SMILES string of the molecule is O=C(O)c1cccc(CN(Cc2ccccn2)C(=O)c2ccccn2)n1. The van der Waals surface area contributed by atoms with Gasteiger partial charge in [0.1, 0.15) is 11.4 Å². The first-order chi connectivity index (χ1) is 12.6. The van der Waals surface area contributed by atoms with Gasteiger partial charge < -0.3 is 10.0 Å². The van der Waals surface area contributed by atoms with E-state index < -0.39 is 5.97 Å². The van der Waals surface area contributed by atoms with Crippen LogP contribution >= 0.6 is 0 Å². The molecule has 3 aromatic rings. The largest absolute Gasteiger partial charge is 0.477 e. The highest BCUT2D eigenvalue weighted by atomic mass is 16.4. The maximum atomic E-state index is 12.9. The molecule has 0 unspecified atom stereocenters. The van der Waals surface area contributed by atoms with Gasteiger partial charge in [0.15, 0.2) is 0 Å². The summed E-state index contributed by atoms with van der Waals surface area (Å²) >= 11 is 0. The molecule has 1 amide bonds. The molecule has 0 radical (unpaired) electrons. The molecular formula is C19H16N4O3. The van der Waals surface area contributed by atoms with Gasteiger partial charge >= 0.3 is 5.97 Å². The first kappa shape index (κ1) is 17.2. The average molecular weight is 348 g/mol. The van der Waals surface area contributed by atoms with Crippen molar-refractivity contribution in [3.8, 4) is 0 Å². The van der Waals surface area contributed by atoms with E-state index in [1.165, 1.54) is 6.07 Å². The molecule has 130 valence electrons. The summed E-state index contributed by atoms with van der Waals surface area (Å²) in [6.45, 7) is 0.405. The van der Waals surface area contributed by atoms with E-state index in [-0.39, 0.29) is 24.7 Å². The minimum atomic E-state index is -1.11. The highest BCUT2D eigenvalue weighted by molar-refractivity contribution is 5.92. The second kappa shape index (κ2) is 7.98. The van der Waals surface area contributed by atoms with E-state index in [1.54, 1.807) is 53.7 Å². The number of nitrogens with zero attached hydrogens (tertiary/aromatic N) is 4. The number of carboxylic acids is 1. The van der Waals surface area contributed by atoms with E-state index in [4.69, 9.17) is 5.11 Å². The molecule has 0 spiro atoms. The van der Waals surface area contributed by atoms with Crippen LogP contribution < -0.4 is 0 Å². The van der Waals surface area contributed by atoms with Gasteiger partial charge in [0.05, 0.1) is 24.5 Å². The fourth-order valence-corrected chi connectivity index (χ4v) is 2.42. The second-order valence-corrected chi connectivity index (χ2v) is 5.52. The summed E-state index contributed by atoms with van der Waals surface area (Å²) in [5, 5.41) is 9.10. The third kappa shape index (κ3) is 4.27. The van der Waals surface area contributed by atoms with Gasteiger partial charge in [-0.1, -0.05) is 18.2 Å². The van der Waals surface area contributed by atoms with Gasteiger partial charge in [0, 0.05) is 12.4 Å². The predicted octanol–water partition coefficient (Wildman–Crippen LogP) is 2.41. The maximum Gasteiger partial charge on any atom is 0.354 e. The number of hydrogen-bond acceptors (Lipinski definition) is 5. The van der Waals surface area contributed by atoms with E-state index >= 15 is 0 Å². The molecule has 0 fully saturated rings. The summed E-state index contributed by atoms with van der Waals surface area (Å²) in [6.07, 6.45) is 3.21. The van der Waals surface area contributed by atoms with Gasteiger partial charge in [-0.05, 0) is 36.4 Å². The van der Waals surface area contributed by atoms with E-state index in [0.717, 1.165) is 0 Å². The Bertz CT molecular complexity index is 901. The molecule has 0 saturated heterocycles. The summed E-state index contributed by atoms with van der Waals surface area (Å²) in [5.41, 5.74) is 1.43. The zero-order valence-corrected chi connectivity index (χ0v) is 13.8. The Labute approximate surface area is 150 Å². The van der Waals surface area contributed by atoms with Gasteiger partial charge in [-0.25, -0.2) is 9.78 Å². The summed E-state index contributed by atoms with van der Waals surface area (Å²) in [6, 6.07) is 15.3. The third-order valence-electron chi connectivity index (χ3n) is 3.63. The minimum Gasteiger partial charge on any atom is -0.477 e. The number of aromatic carboxylic acids is 1. The smallest absolute Gasteiger partial charge is 0.354 e. The lowest BCUT2D eigenvalue weighted by Crippen LogP contribution is -2.31. The van der Waals surface area contributed by atoms with Crippen molar-refractivity contribution in [2.45, 2.75) is 13.1 Å². The Morgan fingerprint density at radius 3 is 2.12 bits per heavy atom. The fourth-order valence-electron chi connectivity index (χ4n) is 2.42. The molecule has 7 heteroatoms. The van der Waals surface area contributed by atoms with E-state index in [0.29, 0.717) is 17.1 Å². The van der Waals surface area contributed by atoms with Crippen LogP contribution in [0.3, 0.4) is 0 Å². The number of carboxylic acid groups (broad SMARTS) is 1. The third-order valence-corrected chi connectivity index (χ3v) is 3.63. The summed E-state index contributed by atoms with van der Waals surface area (Å²) in [7, 11) is 0. The molecule has 3 heterocycles. The van der Waals surface area contributed by atoms with Crippen LogP contribution in [0.15, 0.2) is 67.0 Å². The van der Waals surface area contributed by atoms with Crippen molar-refractivity contribution in [1.82, 2.24) is 19.9 Å². The highest BCUT2D eigenvalue weighted by Crippen LogP contribution is 2.12. The quantitative estimate of drug-likeness (QED) is 0.735. The normalized spacial score (nSPS) is 10.3. The Balaban J connectivity index is 1.88. The zero-order chi connectivity index (χ0) is 18.4. The lowest BCUT2D eigenvalue weighted by Gasteiger charge is -2.22. The summed E-state index contributed by atoms with van der Waals surface area (Å²) < 4.78 is 0.